The second-order valence-electron chi connectivity index (χ2n) is 6.93. The zero-order valence-electron chi connectivity index (χ0n) is 16.6. The number of esters is 1. The summed E-state index contributed by atoms with van der Waals surface area (Å²) in [5.74, 6) is 0.431. The summed E-state index contributed by atoms with van der Waals surface area (Å²) in [5.41, 5.74) is 1.17. The summed E-state index contributed by atoms with van der Waals surface area (Å²) in [6, 6.07) is 14.6. The van der Waals surface area contributed by atoms with E-state index in [1.54, 1.807) is 12.1 Å². The molecule has 0 unspecified atom stereocenters. The van der Waals surface area contributed by atoms with E-state index in [2.05, 4.69) is 26.1 Å². The molecule has 160 valence electrons. The fourth-order valence-electron chi connectivity index (χ4n) is 3.22. The molecule has 3 aromatic rings. The van der Waals surface area contributed by atoms with Crippen molar-refractivity contribution in [2.24, 2.45) is 0 Å². The molecule has 0 radical (unpaired) electrons. The zero-order valence-corrected chi connectivity index (χ0v) is 19.0. The highest BCUT2D eigenvalue weighted by Crippen LogP contribution is 2.27. The number of nitrogens with zero attached hydrogens (tertiary/aromatic N) is 3. The molecule has 0 spiro atoms. The van der Waals surface area contributed by atoms with Crippen molar-refractivity contribution >= 4 is 39.6 Å². The minimum atomic E-state index is -0.502. The van der Waals surface area contributed by atoms with Crippen LogP contribution in [0.3, 0.4) is 0 Å². The van der Waals surface area contributed by atoms with Crippen LogP contribution in [-0.2, 0) is 16.1 Å². The molecule has 0 bridgehead atoms. The third kappa shape index (κ3) is 5.34. The van der Waals surface area contributed by atoms with Gasteiger partial charge < -0.3 is 14.1 Å². The number of rotatable bonds is 7. The van der Waals surface area contributed by atoms with Crippen molar-refractivity contribution in [2.75, 3.05) is 18.8 Å². The molecule has 9 heteroatoms. The Labute approximate surface area is 192 Å². The zero-order chi connectivity index (χ0) is 21.6. The van der Waals surface area contributed by atoms with Crippen LogP contribution >= 0.6 is 27.7 Å². The lowest BCUT2D eigenvalue weighted by Gasteiger charge is -2.15. The van der Waals surface area contributed by atoms with Crippen molar-refractivity contribution < 1.29 is 18.7 Å². The van der Waals surface area contributed by atoms with Crippen LogP contribution in [0.4, 0.5) is 0 Å². The number of thioether (sulfide) groups is 1. The molecule has 1 aromatic heterocycles. The standard InChI is InChI=1S/C22H20BrN3O4S/c23-17-9-3-1-7-15(17)21-25-24-19(30-21)13-29-22(28)16-8-2-4-10-18(16)31-14-20(27)26-11-5-6-12-26/h1-4,7-10H,5-6,11-14H2. The second-order valence-corrected chi connectivity index (χ2v) is 8.80. The first-order valence-electron chi connectivity index (χ1n) is 9.86. The first-order valence-corrected chi connectivity index (χ1v) is 11.6. The van der Waals surface area contributed by atoms with E-state index >= 15 is 0 Å². The lowest BCUT2D eigenvalue weighted by molar-refractivity contribution is -0.127. The number of carbonyl (C=O) groups excluding carboxylic acids is 2. The molecule has 1 aliphatic heterocycles. The fourth-order valence-corrected chi connectivity index (χ4v) is 4.62. The Bertz CT molecular complexity index is 1080. The normalized spacial score (nSPS) is 13.4. The van der Waals surface area contributed by atoms with E-state index in [9.17, 15) is 9.59 Å². The Kier molecular flexibility index (Phi) is 7.03. The lowest BCUT2D eigenvalue weighted by Crippen LogP contribution is -2.29. The average Bonchev–Trinajstić information content (AvgIpc) is 3.49. The summed E-state index contributed by atoms with van der Waals surface area (Å²) >= 11 is 4.79. The number of hydrogen-bond donors (Lipinski definition) is 0. The average molecular weight is 502 g/mol. The summed E-state index contributed by atoms with van der Waals surface area (Å²) in [5, 5.41) is 7.97. The molecule has 2 heterocycles. The van der Waals surface area contributed by atoms with E-state index < -0.39 is 5.97 Å². The van der Waals surface area contributed by atoms with E-state index in [1.165, 1.54) is 11.8 Å². The van der Waals surface area contributed by atoms with Gasteiger partial charge in [0.1, 0.15) is 0 Å². The number of benzene rings is 2. The Balaban J connectivity index is 1.37. The monoisotopic (exact) mass is 501 g/mol. The molecule has 1 amide bonds. The van der Waals surface area contributed by atoms with Gasteiger partial charge in [-0.1, -0.05) is 24.3 Å². The molecule has 31 heavy (non-hydrogen) atoms. The highest BCUT2D eigenvalue weighted by Gasteiger charge is 2.20. The second kappa shape index (κ2) is 10.1. The summed E-state index contributed by atoms with van der Waals surface area (Å²) in [4.78, 5) is 27.5. The maximum atomic E-state index is 12.6. The van der Waals surface area contributed by atoms with Crippen LogP contribution in [0.5, 0.6) is 0 Å². The van der Waals surface area contributed by atoms with E-state index in [0.717, 1.165) is 36.0 Å². The molecule has 4 rings (SSSR count). The third-order valence-electron chi connectivity index (χ3n) is 4.81. The van der Waals surface area contributed by atoms with Gasteiger partial charge in [-0.05, 0) is 53.0 Å². The van der Waals surface area contributed by atoms with Crippen LogP contribution in [0.25, 0.3) is 11.5 Å². The predicted octanol–water partition coefficient (Wildman–Crippen LogP) is 4.57. The van der Waals surface area contributed by atoms with Gasteiger partial charge in [-0.15, -0.1) is 22.0 Å². The highest BCUT2D eigenvalue weighted by molar-refractivity contribution is 9.10. The Morgan fingerprint density at radius 1 is 1.06 bits per heavy atom. The largest absolute Gasteiger partial charge is 0.452 e. The molecule has 0 N–H and O–H groups in total. The number of aromatic nitrogens is 2. The lowest BCUT2D eigenvalue weighted by atomic mass is 10.2. The molecule has 7 nitrogen and oxygen atoms in total. The number of ether oxygens (including phenoxy) is 1. The Morgan fingerprint density at radius 2 is 1.81 bits per heavy atom. The summed E-state index contributed by atoms with van der Waals surface area (Å²) in [6.07, 6.45) is 2.11. The smallest absolute Gasteiger partial charge is 0.339 e. The van der Waals surface area contributed by atoms with Crippen molar-refractivity contribution in [3.63, 3.8) is 0 Å². The number of carbonyl (C=O) groups is 2. The molecular formula is C22H20BrN3O4S. The van der Waals surface area contributed by atoms with E-state index in [1.807, 2.05) is 41.3 Å². The topological polar surface area (TPSA) is 85.5 Å². The van der Waals surface area contributed by atoms with Crippen molar-refractivity contribution in [1.82, 2.24) is 15.1 Å². The van der Waals surface area contributed by atoms with E-state index in [0.29, 0.717) is 22.1 Å². The summed E-state index contributed by atoms with van der Waals surface area (Å²) in [6.45, 7) is 1.49. The van der Waals surface area contributed by atoms with Crippen LogP contribution in [0.2, 0.25) is 0 Å². The van der Waals surface area contributed by atoms with Crippen molar-refractivity contribution in [2.45, 2.75) is 24.3 Å². The minimum absolute atomic E-state index is 0.0936. The quantitative estimate of drug-likeness (QED) is 0.346. The molecule has 1 saturated heterocycles. The van der Waals surface area contributed by atoms with Gasteiger partial charge in [0.05, 0.1) is 16.9 Å². The third-order valence-corrected chi connectivity index (χ3v) is 6.56. The Morgan fingerprint density at radius 3 is 2.61 bits per heavy atom. The van der Waals surface area contributed by atoms with Crippen LogP contribution in [0.15, 0.2) is 62.3 Å². The van der Waals surface area contributed by atoms with E-state index in [4.69, 9.17) is 9.15 Å². The van der Waals surface area contributed by atoms with Gasteiger partial charge in [0, 0.05) is 22.5 Å². The van der Waals surface area contributed by atoms with Gasteiger partial charge in [0.15, 0.2) is 6.61 Å². The first kappa shape index (κ1) is 21.6. The molecule has 0 saturated carbocycles. The van der Waals surface area contributed by atoms with Crippen molar-refractivity contribution in [3.05, 3.63) is 64.5 Å². The molecule has 1 fully saturated rings. The summed E-state index contributed by atoms with van der Waals surface area (Å²) in [7, 11) is 0. The van der Waals surface area contributed by atoms with Gasteiger partial charge in [-0.3, -0.25) is 4.79 Å². The molecular weight excluding hydrogens is 482 g/mol. The van der Waals surface area contributed by atoms with Gasteiger partial charge in [-0.2, -0.15) is 0 Å². The number of likely N-dealkylation sites (tertiary alicyclic amines) is 1. The Hall–Kier alpha value is -2.65. The van der Waals surface area contributed by atoms with Crippen LogP contribution in [0.1, 0.15) is 29.1 Å². The van der Waals surface area contributed by atoms with Gasteiger partial charge in [0.25, 0.3) is 5.89 Å². The maximum Gasteiger partial charge on any atom is 0.339 e. The molecule has 2 aromatic carbocycles. The first-order chi connectivity index (χ1) is 15.1. The summed E-state index contributed by atoms with van der Waals surface area (Å²) < 4.78 is 11.8. The minimum Gasteiger partial charge on any atom is -0.452 e. The SMILES string of the molecule is O=C(OCc1nnc(-c2ccccc2Br)o1)c1ccccc1SCC(=O)N1CCCC1. The molecule has 0 aliphatic carbocycles. The number of halogens is 1. The molecule has 1 aliphatic rings. The van der Waals surface area contributed by atoms with Crippen molar-refractivity contribution in [3.8, 4) is 11.5 Å². The van der Waals surface area contributed by atoms with Crippen LogP contribution in [0, 0.1) is 0 Å². The van der Waals surface area contributed by atoms with Crippen molar-refractivity contribution in [1.29, 1.82) is 0 Å². The van der Waals surface area contributed by atoms with Crippen LogP contribution < -0.4 is 0 Å². The van der Waals surface area contributed by atoms with Gasteiger partial charge >= 0.3 is 5.97 Å². The number of hydrogen-bond acceptors (Lipinski definition) is 7. The molecule has 0 atom stereocenters. The number of amides is 1. The fraction of sp³-hybridized carbons (Fsp3) is 0.273. The maximum absolute atomic E-state index is 12.6. The van der Waals surface area contributed by atoms with Crippen LogP contribution in [-0.4, -0.2) is 45.8 Å². The predicted molar refractivity (Wildman–Crippen MR) is 120 cm³/mol. The van der Waals surface area contributed by atoms with Gasteiger partial charge in [0.2, 0.25) is 11.8 Å². The van der Waals surface area contributed by atoms with E-state index in [-0.39, 0.29) is 18.4 Å². The highest BCUT2D eigenvalue weighted by atomic mass is 79.9. The van der Waals surface area contributed by atoms with Gasteiger partial charge in [-0.25, -0.2) is 4.79 Å².